The van der Waals surface area contributed by atoms with E-state index in [0.717, 1.165) is 27.4 Å². The van der Waals surface area contributed by atoms with E-state index in [4.69, 9.17) is 0 Å². The maximum atomic E-state index is 12.0. The number of ketones is 1. The lowest BCUT2D eigenvalue weighted by atomic mass is 10.0. The SMILES string of the molecule is CC1CCc2c(Br)ccc(Br)c2C(=O)C1. The van der Waals surface area contributed by atoms with Crippen molar-refractivity contribution in [3.63, 3.8) is 0 Å². The Morgan fingerprint density at radius 3 is 2.67 bits per heavy atom. The molecule has 0 heterocycles. The third-order valence-electron chi connectivity index (χ3n) is 2.90. The molecule has 1 aliphatic rings. The first-order chi connectivity index (χ1) is 7.09. The Hall–Kier alpha value is -0.150. The van der Waals surface area contributed by atoms with Gasteiger partial charge in [0.2, 0.25) is 0 Å². The number of benzene rings is 1. The van der Waals surface area contributed by atoms with Crippen LogP contribution in [0.25, 0.3) is 0 Å². The lowest BCUT2D eigenvalue weighted by Crippen LogP contribution is -2.04. The van der Waals surface area contributed by atoms with Gasteiger partial charge in [-0.05, 0) is 36.5 Å². The van der Waals surface area contributed by atoms with E-state index in [-0.39, 0.29) is 5.78 Å². The van der Waals surface area contributed by atoms with E-state index in [1.807, 2.05) is 12.1 Å². The Balaban J connectivity index is 2.57. The molecule has 0 N–H and O–H groups in total. The molecule has 0 saturated carbocycles. The van der Waals surface area contributed by atoms with Crippen LogP contribution in [0.4, 0.5) is 0 Å². The molecule has 0 aliphatic heterocycles. The normalized spacial score (nSPS) is 21.0. The fourth-order valence-corrected chi connectivity index (χ4v) is 3.17. The zero-order chi connectivity index (χ0) is 11.0. The van der Waals surface area contributed by atoms with Gasteiger partial charge in [0.1, 0.15) is 0 Å². The van der Waals surface area contributed by atoms with Crippen molar-refractivity contribution in [2.24, 2.45) is 5.92 Å². The lowest BCUT2D eigenvalue weighted by Gasteiger charge is -2.08. The minimum atomic E-state index is 0.267. The number of carbonyl (C=O) groups excluding carboxylic acids is 1. The van der Waals surface area contributed by atoms with Crippen molar-refractivity contribution in [3.05, 3.63) is 32.2 Å². The van der Waals surface area contributed by atoms with Gasteiger partial charge in [0.15, 0.2) is 5.78 Å². The number of hydrogen-bond donors (Lipinski definition) is 0. The van der Waals surface area contributed by atoms with Crippen LogP contribution in [0.3, 0.4) is 0 Å². The number of rotatable bonds is 0. The molecule has 1 atom stereocenters. The van der Waals surface area contributed by atoms with Crippen LogP contribution in [0.2, 0.25) is 0 Å². The highest BCUT2D eigenvalue weighted by molar-refractivity contribution is 9.11. The Morgan fingerprint density at radius 1 is 1.27 bits per heavy atom. The monoisotopic (exact) mass is 330 g/mol. The van der Waals surface area contributed by atoms with Crippen LogP contribution >= 0.6 is 31.9 Å². The largest absolute Gasteiger partial charge is 0.294 e. The molecule has 1 unspecified atom stereocenters. The smallest absolute Gasteiger partial charge is 0.164 e. The van der Waals surface area contributed by atoms with Crippen LogP contribution in [0, 0.1) is 5.92 Å². The predicted octanol–water partition coefficient (Wildman–Crippen LogP) is 4.37. The average Bonchev–Trinajstić information content (AvgIpc) is 2.32. The molecule has 0 bridgehead atoms. The molecular weight excluding hydrogens is 320 g/mol. The third-order valence-corrected chi connectivity index (χ3v) is 4.31. The highest BCUT2D eigenvalue weighted by Gasteiger charge is 2.23. The summed E-state index contributed by atoms with van der Waals surface area (Å²) >= 11 is 6.99. The fourth-order valence-electron chi connectivity index (χ4n) is 2.05. The van der Waals surface area contributed by atoms with Crippen LogP contribution in [0.1, 0.15) is 35.7 Å². The zero-order valence-electron chi connectivity index (χ0n) is 8.52. The second kappa shape index (κ2) is 4.38. The van der Waals surface area contributed by atoms with Crippen molar-refractivity contribution >= 4 is 37.6 Å². The summed E-state index contributed by atoms with van der Waals surface area (Å²) in [5, 5.41) is 0. The third kappa shape index (κ3) is 2.18. The quantitative estimate of drug-likeness (QED) is 0.645. The summed E-state index contributed by atoms with van der Waals surface area (Å²) in [7, 11) is 0. The minimum absolute atomic E-state index is 0.267. The summed E-state index contributed by atoms with van der Waals surface area (Å²) in [6.07, 6.45) is 2.75. The molecule has 15 heavy (non-hydrogen) atoms. The lowest BCUT2D eigenvalue weighted by molar-refractivity contribution is 0.0966. The zero-order valence-corrected chi connectivity index (χ0v) is 11.7. The molecule has 1 aromatic carbocycles. The van der Waals surface area contributed by atoms with Crippen molar-refractivity contribution in [3.8, 4) is 0 Å². The van der Waals surface area contributed by atoms with E-state index >= 15 is 0 Å². The van der Waals surface area contributed by atoms with Gasteiger partial charge in [-0.15, -0.1) is 0 Å². The van der Waals surface area contributed by atoms with E-state index in [9.17, 15) is 4.79 Å². The highest BCUT2D eigenvalue weighted by atomic mass is 79.9. The van der Waals surface area contributed by atoms with Crippen molar-refractivity contribution in [2.75, 3.05) is 0 Å². The molecule has 3 heteroatoms. The van der Waals surface area contributed by atoms with Gasteiger partial charge in [-0.25, -0.2) is 0 Å². The second-order valence-electron chi connectivity index (χ2n) is 4.15. The van der Waals surface area contributed by atoms with Crippen molar-refractivity contribution in [2.45, 2.75) is 26.2 Å². The Morgan fingerprint density at radius 2 is 1.93 bits per heavy atom. The number of hydrogen-bond acceptors (Lipinski definition) is 1. The standard InChI is InChI=1S/C12H12Br2O/c1-7-2-3-8-9(13)4-5-10(14)12(8)11(15)6-7/h4-5,7H,2-3,6H2,1H3. The van der Waals surface area contributed by atoms with E-state index in [1.54, 1.807) is 0 Å². The van der Waals surface area contributed by atoms with Crippen LogP contribution in [-0.2, 0) is 6.42 Å². The molecule has 0 fully saturated rings. The van der Waals surface area contributed by atoms with Crippen LogP contribution in [-0.4, -0.2) is 5.78 Å². The van der Waals surface area contributed by atoms with Gasteiger partial charge in [0.05, 0.1) is 0 Å². The maximum absolute atomic E-state index is 12.0. The van der Waals surface area contributed by atoms with E-state index in [2.05, 4.69) is 38.8 Å². The van der Waals surface area contributed by atoms with E-state index in [0.29, 0.717) is 12.3 Å². The number of carbonyl (C=O) groups is 1. The summed E-state index contributed by atoms with van der Waals surface area (Å²) in [5.41, 5.74) is 2.05. The summed E-state index contributed by atoms with van der Waals surface area (Å²) in [6, 6.07) is 3.95. The number of Topliss-reactive ketones (excluding diaryl/α,β-unsaturated/α-hetero) is 1. The average molecular weight is 332 g/mol. The molecule has 1 aliphatic carbocycles. The number of fused-ring (bicyclic) bond motifs is 1. The molecule has 0 saturated heterocycles. The summed E-state index contributed by atoms with van der Waals surface area (Å²) < 4.78 is 1.99. The maximum Gasteiger partial charge on any atom is 0.164 e. The Kier molecular flexibility index (Phi) is 3.31. The van der Waals surface area contributed by atoms with Gasteiger partial charge < -0.3 is 0 Å². The van der Waals surface area contributed by atoms with Crippen LogP contribution in [0.5, 0.6) is 0 Å². The van der Waals surface area contributed by atoms with Gasteiger partial charge in [-0.2, -0.15) is 0 Å². The van der Waals surface area contributed by atoms with Crippen molar-refractivity contribution in [1.82, 2.24) is 0 Å². The second-order valence-corrected chi connectivity index (χ2v) is 5.86. The number of halogens is 2. The molecule has 1 nitrogen and oxygen atoms in total. The Labute approximate surface area is 107 Å². The van der Waals surface area contributed by atoms with Gasteiger partial charge in [0.25, 0.3) is 0 Å². The molecule has 2 rings (SSSR count). The molecule has 80 valence electrons. The molecular formula is C12H12Br2O. The first-order valence-electron chi connectivity index (χ1n) is 5.09. The van der Waals surface area contributed by atoms with Gasteiger partial charge in [-0.1, -0.05) is 38.8 Å². The van der Waals surface area contributed by atoms with Crippen molar-refractivity contribution < 1.29 is 4.79 Å². The Bertz CT molecular complexity index is 412. The van der Waals surface area contributed by atoms with Crippen LogP contribution in [0.15, 0.2) is 21.1 Å². The molecule has 0 aromatic heterocycles. The molecule has 0 amide bonds. The van der Waals surface area contributed by atoms with E-state index in [1.165, 1.54) is 5.56 Å². The summed E-state index contributed by atoms with van der Waals surface area (Å²) in [4.78, 5) is 12.0. The molecule has 0 radical (unpaired) electrons. The first-order valence-corrected chi connectivity index (χ1v) is 6.68. The van der Waals surface area contributed by atoms with Crippen molar-refractivity contribution in [1.29, 1.82) is 0 Å². The van der Waals surface area contributed by atoms with Gasteiger partial charge in [-0.3, -0.25) is 4.79 Å². The van der Waals surface area contributed by atoms with E-state index < -0.39 is 0 Å². The molecule has 0 spiro atoms. The summed E-state index contributed by atoms with van der Waals surface area (Å²) in [6.45, 7) is 2.14. The fraction of sp³-hybridized carbons (Fsp3) is 0.417. The first kappa shape index (κ1) is 11.3. The van der Waals surface area contributed by atoms with Crippen LogP contribution < -0.4 is 0 Å². The predicted molar refractivity (Wildman–Crippen MR) is 68.3 cm³/mol. The molecule has 1 aromatic rings. The van der Waals surface area contributed by atoms with Gasteiger partial charge in [0, 0.05) is 20.9 Å². The van der Waals surface area contributed by atoms with Gasteiger partial charge >= 0.3 is 0 Å². The highest BCUT2D eigenvalue weighted by Crippen LogP contribution is 2.34. The summed E-state index contributed by atoms with van der Waals surface area (Å²) in [5.74, 6) is 0.756. The minimum Gasteiger partial charge on any atom is -0.294 e. The topological polar surface area (TPSA) is 17.1 Å².